The Kier molecular flexibility index (Phi) is 7.72. The van der Waals surface area contributed by atoms with Gasteiger partial charge in [0.1, 0.15) is 11.5 Å². The predicted octanol–water partition coefficient (Wildman–Crippen LogP) is 7.07. The summed E-state index contributed by atoms with van der Waals surface area (Å²) in [5.41, 5.74) is 1.24. The predicted molar refractivity (Wildman–Crippen MR) is 143 cm³/mol. The lowest BCUT2D eigenvalue weighted by atomic mass is 9.91. The minimum absolute atomic E-state index is 0.115. The highest BCUT2D eigenvalue weighted by atomic mass is 19.4. The van der Waals surface area contributed by atoms with E-state index in [1.54, 1.807) is 47.5 Å². The van der Waals surface area contributed by atoms with Crippen LogP contribution in [-0.4, -0.2) is 29.0 Å². The van der Waals surface area contributed by atoms with E-state index in [0.717, 1.165) is 17.0 Å². The summed E-state index contributed by atoms with van der Waals surface area (Å²) in [6.07, 6.45) is -1.43. The normalized spacial score (nSPS) is 11.9. The molecule has 0 N–H and O–H groups in total. The summed E-state index contributed by atoms with van der Waals surface area (Å²) in [6, 6.07) is 16.4. The number of aromatic nitrogens is 2. The van der Waals surface area contributed by atoms with Crippen LogP contribution in [0.15, 0.2) is 73.1 Å². The van der Waals surface area contributed by atoms with Crippen molar-refractivity contribution in [1.82, 2.24) is 9.97 Å². The highest BCUT2D eigenvalue weighted by Gasteiger charge is 2.32. The number of benzene rings is 2. The van der Waals surface area contributed by atoms with Gasteiger partial charge in [-0.15, -0.1) is 0 Å². The molecule has 1 amide bonds. The number of nitrogens with zero attached hydrogens (tertiary/aromatic N) is 3. The van der Waals surface area contributed by atoms with Gasteiger partial charge in [0.15, 0.2) is 0 Å². The number of hydrogen-bond donors (Lipinski definition) is 0. The molecule has 4 rings (SSSR count). The summed E-state index contributed by atoms with van der Waals surface area (Å²) >= 11 is 0. The lowest BCUT2D eigenvalue weighted by molar-refractivity contribution is -0.141. The summed E-state index contributed by atoms with van der Waals surface area (Å²) in [7, 11) is 1.32. The van der Waals surface area contributed by atoms with Crippen LogP contribution in [0.3, 0.4) is 0 Å². The first kappa shape index (κ1) is 27.8. The van der Waals surface area contributed by atoms with Gasteiger partial charge in [0.25, 0.3) is 0 Å². The third kappa shape index (κ3) is 6.60. The quantitative estimate of drug-likeness (QED) is 0.247. The fourth-order valence-electron chi connectivity index (χ4n) is 4.17. The van der Waals surface area contributed by atoms with Gasteiger partial charge < -0.3 is 4.74 Å². The van der Waals surface area contributed by atoms with Gasteiger partial charge in [-0.3, -0.25) is 14.7 Å². The van der Waals surface area contributed by atoms with Crippen molar-refractivity contribution in [3.05, 3.63) is 89.9 Å². The number of ether oxygens (including phenoxy) is 1. The molecule has 2 heterocycles. The minimum atomic E-state index is -4.50. The maximum absolute atomic E-state index is 13.5. The average Bonchev–Trinajstić information content (AvgIpc) is 2.89. The Balaban J connectivity index is 1.67. The molecule has 4 aromatic rings. The third-order valence-electron chi connectivity index (χ3n) is 6.08. The van der Waals surface area contributed by atoms with Gasteiger partial charge in [0, 0.05) is 29.8 Å². The van der Waals surface area contributed by atoms with Crippen molar-refractivity contribution in [1.29, 1.82) is 0 Å². The molecule has 39 heavy (non-hydrogen) atoms. The number of anilines is 1. The monoisotopic (exact) mass is 535 g/mol. The SMILES string of the molecule is COC(=O)c1ccc2c(N(Cc3ccc(-c4ccc(C(F)(F)F)nc4)cc3)C(=O)CC(C)(C)C)nccc2c1. The van der Waals surface area contributed by atoms with Gasteiger partial charge in [-0.05, 0) is 52.3 Å². The van der Waals surface area contributed by atoms with E-state index in [-0.39, 0.29) is 24.3 Å². The number of pyridine rings is 2. The number of alkyl halides is 3. The molecule has 0 fully saturated rings. The van der Waals surface area contributed by atoms with Crippen LogP contribution in [0.25, 0.3) is 21.9 Å². The second-order valence-corrected chi connectivity index (χ2v) is 10.4. The summed E-state index contributed by atoms with van der Waals surface area (Å²) in [6.45, 7) is 6.17. The zero-order chi connectivity index (χ0) is 28.4. The molecule has 6 nitrogen and oxygen atoms in total. The first-order valence-electron chi connectivity index (χ1n) is 12.3. The van der Waals surface area contributed by atoms with Gasteiger partial charge in [0.2, 0.25) is 5.91 Å². The smallest absolute Gasteiger partial charge is 0.433 e. The number of carbonyl (C=O) groups excluding carboxylic acids is 2. The van der Waals surface area contributed by atoms with Crippen molar-refractivity contribution >= 4 is 28.5 Å². The largest absolute Gasteiger partial charge is 0.465 e. The number of esters is 1. The van der Waals surface area contributed by atoms with Crippen LogP contribution >= 0.6 is 0 Å². The van der Waals surface area contributed by atoms with Crippen LogP contribution in [-0.2, 0) is 22.3 Å². The molecule has 0 radical (unpaired) electrons. The third-order valence-corrected chi connectivity index (χ3v) is 6.08. The van der Waals surface area contributed by atoms with E-state index in [1.165, 1.54) is 19.4 Å². The summed E-state index contributed by atoms with van der Waals surface area (Å²) < 4.78 is 43.4. The average molecular weight is 536 g/mol. The van der Waals surface area contributed by atoms with Crippen molar-refractivity contribution in [2.24, 2.45) is 5.41 Å². The molecule has 0 bridgehead atoms. The highest BCUT2D eigenvalue weighted by molar-refractivity contribution is 6.04. The Morgan fingerprint density at radius 2 is 1.59 bits per heavy atom. The van der Waals surface area contributed by atoms with E-state index >= 15 is 0 Å². The molecule has 0 aliphatic carbocycles. The molecule has 0 spiro atoms. The number of methoxy groups -OCH3 is 1. The van der Waals surface area contributed by atoms with E-state index in [0.29, 0.717) is 27.9 Å². The highest BCUT2D eigenvalue weighted by Crippen LogP contribution is 2.31. The zero-order valence-corrected chi connectivity index (χ0v) is 22.0. The van der Waals surface area contributed by atoms with Crippen LogP contribution in [0.4, 0.5) is 19.0 Å². The second kappa shape index (κ2) is 10.8. The molecular formula is C30H28F3N3O3. The van der Waals surface area contributed by atoms with E-state index in [4.69, 9.17) is 4.74 Å². The Hall–Kier alpha value is -4.27. The summed E-state index contributed by atoms with van der Waals surface area (Å²) in [5.74, 6) is -0.107. The van der Waals surface area contributed by atoms with Crippen LogP contribution in [0.2, 0.25) is 0 Å². The van der Waals surface area contributed by atoms with Crippen molar-refractivity contribution in [3.8, 4) is 11.1 Å². The van der Waals surface area contributed by atoms with Crippen molar-refractivity contribution in [3.63, 3.8) is 0 Å². The molecule has 2 aromatic carbocycles. The van der Waals surface area contributed by atoms with E-state index in [2.05, 4.69) is 9.97 Å². The molecule has 2 aromatic heterocycles. The molecular weight excluding hydrogens is 507 g/mol. The number of hydrogen-bond acceptors (Lipinski definition) is 5. The van der Waals surface area contributed by atoms with Crippen molar-refractivity contribution in [2.75, 3.05) is 12.0 Å². The number of amides is 1. The van der Waals surface area contributed by atoms with Crippen molar-refractivity contribution < 1.29 is 27.5 Å². The second-order valence-electron chi connectivity index (χ2n) is 10.4. The van der Waals surface area contributed by atoms with Crippen LogP contribution in [0, 0.1) is 5.41 Å². The lowest BCUT2D eigenvalue weighted by Crippen LogP contribution is -2.34. The Labute approximate surface area is 224 Å². The molecule has 0 saturated heterocycles. The van der Waals surface area contributed by atoms with Gasteiger partial charge in [-0.2, -0.15) is 13.2 Å². The Morgan fingerprint density at radius 1 is 0.897 bits per heavy atom. The number of fused-ring (bicyclic) bond motifs is 1. The maximum Gasteiger partial charge on any atom is 0.433 e. The fourth-order valence-corrected chi connectivity index (χ4v) is 4.17. The topological polar surface area (TPSA) is 72.4 Å². The first-order valence-corrected chi connectivity index (χ1v) is 12.3. The standard InChI is InChI=1S/C30H28F3N3O3/c1-29(2,3)16-26(37)36(27-24-11-9-22(28(38)39-4)15-21(24)13-14-34-27)18-19-5-7-20(8-6-19)23-10-12-25(35-17-23)30(31,32)33/h5-15,17H,16,18H2,1-4H3. The number of rotatable bonds is 6. The maximum atomic E-state index is 13.5. The summed E-state index contributed by atoms with van der Waals surface area (Å²) in [4.78, 5) is 35.2. The Bertz CT molecular complexity index is 1490. The molecule has 0 aliphatic rings. The number of halogens is 3. The van der Waals surface area contributed by atoms with E-state index < -0.39 is 17.8 Å². The first-order chi connectivity index (χ1) is 18.4. The molecule has 0 saturated carbocycles. The van der Waals surface area contributed by atoms with Gasteiger partial charge in [-0.25, -0.2) is 9.78 Å². The molecule has 0 unspecified atom stereocenters. The van der Waals surface area contributed by atoms with E-state index in [9.17, 15) is 22.8 Å². The molecule has 0 aliphatic heterocycles. The molecule has 9 heteroatoms. The fraction of sp³-hybridized carbons (Fsp3) is 0.267. The lowest BCUT2D eigenvalue weighted by Gasteiger charge is -2.27. The zero-order valence-electron chi connectivity index (χ0n) is 22.0. The molecule has 202 valence electrons. The van der Waals surface area contributed by atoms with Crippen LogP contribution in [0.5, 0.6) is 0 Å². The molecule has 0 atom stereocenters. The Morgan fingerprint density at radius 3 is 2.18 bits per heavy atom. The van der Waals surface area contributed by atoms with Crippen LogP contribution < -0.4 is 4.90 Å². The van der Waals surface area contributed by atoms with E-state index in [1.807, 2.05) is 32.9 Å². The van der Waals surface area contributed by atoms with Gasteiger partial charge in [0.05, 0.1) is 19.2 Å². The summed E-state index contributed by atoms with van der Waals surface area (Å²) in [5, 5.41) is 1.45. The number of carbonyl (C=O) groups is 2. The van der Waals surface area contributed by atoms with Crippen LogP contribution in [0.1, 0.15) is 48.8 Å². The van der Waals surface area contributed by atoms with Crippen molar-refractivity contribution in [2.45, 2.75) is 39.9 Å². The minimum Gasteiger partial charge on any atom is -0.465 e. The van der Waals surface area contributed by atoms with Gasteiger partial charge in [-0.1, -0.05) is 51.1 Å². The van der Waals surface area contributed by atoms with Gasteiger partial charge >= 0.3 is 12.1 Å².